The van der Waals surface area contributed by atoms with Crippen molar-refractivity contribution in [1.29, 1.82) is 0 Å². The van der Waals surface area contributed by atoms with E-state index < -0.39 is 22.9 Å². The summed E-state index contributed by atoms with van der Waals surface area (Å²) in [6, 6.07) is 1.91. The monoisotopic (exact) mass is 296 g/mol. The molecule has 0 aliphatic rings. The average Bonchev–Trinajstić information content (AvgIpc) is 2.16. The lowest BCUT2D eigenvalue weighted by Gasteiger charge is -2.04. The summed E-state index contributed by atoms with van der Waals surface area (Å²) in [4.78, 5) is 11.0. The van der Waals surface area contributed by atoms with Crippen LogP contribution in [0, 0.1) is 5.82 Å². The van der Waals surface area contributed by atoms with E-state index in [-0.39, 0.29) is 14.9 Å². The molecule has 0 aliphatic carbocycles. The fourth-order valence-corrected chi connectivity index (χ4v) is 2.10. The number of hydrogen-bond acceptors (Lipinski definition) is 3. The number of halogens is 2. The molecule has 0 radical (unpaired) electrons. The molecule has 0 aromatic heterocycles. The molecule has 0 saturated carbocycles. The summed E-state index contributed by atoms with van der Waals surface area (Å²) in [6.07, 6.45) is 0. The van der Waals surface area contributed by atoms with Gasteiger partial charge in [0.2, 0.25) is 0 Å². The Balaban J connectivity index is 3.36. The highest BCUT2D eigenvalue weighted by atomic mass is 79.9. The third-order valence-corrected chi connectivity index (χ3v) is 3.25. The molecule has 1 atom stereocenters. The lowest BCUT2D eigenvalue weighted by Crippen LogP contribution is -2.06. The molecule has 4 nitrogen and oxygen atoms in total. The maximum absolute atomic E-state index is 13.2. The summed E-state index contributed by atoms with van der Waals surface area (Å²) >= 11 is 0.609. The van der Waals surface area contributed by atoms with Crippen LogP contribution < -0.4 is 0 Å². The highest BCUT2D eigenvalue weighted by molar-refractivity contribution is 9.10. The van der Waals surface area contributed by atoms with Crippen molar-refractivity contribution < 1.29 is 22.7 Å². The predicted molar refractivity (Wildman–Crippen MR) is 54.5 cm³/mol. The zero-order chi connectivity index (χ0) is 11.6. The van der Waals surface area contributed by atoms with Gasteiger partial charge in [-0.25, -0.2) is 13.4 Å². The van der Waals surface area contributed by atoms with Gasteiger partial charge >= 0.3 is 5.97 Å². The smallest absolute Gasteiger partial charge is 0.340 e. The molecule has 1 aromatic carbocycles. The van der Waals surface area contributed by atoms with E-state index in [4.69, 9.17) is 4.55 Å². The fourth-order valence-electron chi connectivity index (χ4n) is 0.929. The number of benzene rings is 1. The van der Waals surface area contributed by atoms with Crippen molar-refractivity contribution in [2.45, 2.75) is 4.90 Å². The molecule has 1 aromatic rings. The first-order chi connectivity index (χ1) is 6.97. The van der Waals surface area contributed by atoms with Crippen molar-refractivity contribution in [2.75, 3.05) is 7.11 Å². The minimum absolute atomic E-state index is 0.0863. The molecular weight excluding hydrogens is 291 g/mol. The van der Waals surface area contributed by atoms with Crippen molar-refractivity contribution in [3.05, 3.63) is 28.0 Å². The molecule has 0 fully saturated rings. The lowest BCUT2D eigenvalue weighted by molar-refractivity contribution is 0.0595. The number of rotatable bonds is 2. The van der Waals surface area contributed by atoms with E-state index in [0.717, 1.165) is 19.2 Å². The molecule has 82 valence electrons. The molecule has 15 heavy (non-hydrogen) atoms. The van der Waals surface area contributed by atoms with E-state index in [1.54, 1.807) is 0 Å². The minimum atomic E-state index is -2.30. The number of carbonyl (C=O) groups excluding carboxylic acids is 1. The Morgan fingerprint density at radius 2 is 2.20 bits per heavy atom. The van der Waals surface area contributed by atoms with Crippen LogP contribution in [-0.4, -0.2) is 21.8 Å². The summed E-state index contributed by atoms with van der Waals surface area (Å²) in [6.45, 7) is 0. The van der Waals surface area contributed by atoms with E-state index in [1.165, 1.54) is 0 Å². The third kappa shape index (κ3) is 2.61. The van der Waals surface area contributed by atoms with Crippen molar-refractivity contribution >= 4 is 33.0 Å². The normalized spacial score (nSPS) is 12.3. The van der Waals surface area contributed by atoms with E-state index >= 15 is 0 Å². The molecule has 7 heteroatoms. The van der Waals surface area contributed by atoms with E-state index in [9.17, 15) is 13.4 Å². The second-order valence-electron chi connectivity index (χ2n) is 2.50. The predicted octanol–water partition coefficient (Wildman–Crippen LogP) is 1.96. The van der Waals surface area contributed by atoms with Crippen LogP contribution in [0.3, 0.4) is 0 Å². The number of esters is 1. The van der Waals surface area contributed by atoms with Crippen LogP contribution in [0.1, 0.15) is 10.4 Å². The molecule has 1 rings (SSSR count). The first-order valence-electron chi connectivity index (χ1n) is 3.65. The summed E-state index contributed by atoms with van der Waals surface area (Å²) in [5.41, 5.74) is -0.377. The van der Waals surface area contributed by atoms with Crippen molar-refractivity contribution in [2.24, 2.45) is 0 Å². The number of ether oxygens (including phenoxy) is 1. The number of carbonyl (C=O) groups is 1. The number of methoxy groups -OCH3 is 1. The molecule has 1 N–H and O–H groups in total. The largest absolute Gasteiger partial charge is 0.465 e. The molecule has 0 heterocycles. The average molecular weight is 297 g/mol. The van der Waals surface area contributed by atoms with Gasteiger partial charge in [0.05, 0.1) is 17.6 Å². The molecule has 1 unspecified atom stereocenters. The van der Waals surface area contributed by atoms with E-state index in [1.807, 2.05) is 0 Å². The summed E-state index contributed by atoms with van der Waals surface area (Å²) in [5.74, 6) is -1.71. The summed E-state index contributed by atoms with van der Waals surface area (Å²) in [7, 11) is 1.10. The minimum Gasteiger partial charge on any atom is -0.465 e. The quantitative estimate of drug-likeness (QED) is 0.669. The molecule has 0 saturated heterocycles. The van der Waals surface area contributed by atoms with Crippen LogP contribution in [0.25, 0.3) is 0 Å². The van der Waals surface area contributed by atoms with Gasteiger partial charge in [-0.15, -0.1) is 0 Å². The standard InChI is InChI=1S/C8H6BrFO4S/c1-14-8(11)4-2-7(15(12)13)5(9)3-6(4)10/h2-3H,1H3,(H,12,13). The number of hydrogen-bond donors (Lipinski definition) is 1. The Morgan fingerprint density at radius 3 is 2.67 bits per heavy atom. The Hall–Kier alpha value is -0.790. The van der Waals surface area contributed by atoms with Crippen molar-refractivity contribution in [3.8, 4) is 0 Å². The van der Waals surface area contributed by atoms with Gasteiger partial charge in [0, 0.05) is 4.47 Å². The maximum atomic E-state index is 13.2. The zero-order valence-electron chi connectivity index (χ0n) is 7.49. The fraction of sp³-hybridized carbons (Fsp3) is 0.125. The van der Waals surface area contributed by atoms with Gasteiger partial charge in [0.1, 0.15) is 5.82 Å². The maximum Gasteiger partial charge on any atom is 0.340 e. The Labute approximate surface area is 95.8 Å². The molecule has 0 amide bonds. The molecule has 0 bridgehead atoms. The van der Waals surface area contributed by atoms with Gasteiger partial charge < -0.3 is 9.29 Å². The Morgan fingerprint density at radius 1 is 1.60 bits per heavy atom. The van der Waals surface area contributed by atoms with Crippen LogP contribution in [-0.2, 0) is 15.8 Å². The van der Waals surface area contributed by atoms with Gasteiger partial charge in [0.25, 0.3) is 0 Å². The second-order valence-corrected chi connectivity index (χ2v) is 4.30. The van der Waals surface area contributed by atoms with Crippen LogP contribution in [0.5, 0.6) is 0 Å². The first-order valence-corrected chi connectivity index (χ1v) is 5.55. The van der Waals surface area contributed by atoms with Crippen LogP contribution >= 0.6 is 15.9 Å². The molecular formula is C8H6BrFO4S. The van der Waals surface area contributed by atoms with Crippen molar-refractivity contribution in [1.82, 2.24) is 0 Å². The highest BCUT2D eigenvalue weighted by Gasteiger charge is 2.17. The van der Waals surface area contributed by atoms with Crippen LogP contribution in [0.15, 0.2) is 21.5 Å². The highest BCUT2D eigenvalue weighted by Crippen LogP contribution is 2.24. The topological polar surface area (TPSA) is 63.6 Å². The lowest BCUT2D eigenvalue weighted by atomic mass is 10.2. The van der Waals surface area contributed by atoms with Gasteiger partial charge in [-0.2, -0.15) is 0 Å². The van der Waals surface area contributed by atoms with Crippen molar-refractivity contribution in [3.63, 3.8) is 0 Å². The first kappa shape index (κ1) is 12.3. The summed E-state index contributed by atoms with van der Waals surface area (Å²) in [5, 5.41) is 0. The Bertz CT molecular complexity index is 435. The molecule has 0 aliphatic heterocycles. The van der Waals surface area contributed by atoms with Gasteiger partial charge in [-0.3, -0.25) is 0 Å². The van der Waals surface area contributed by atoms with Crippen LogP contribution in [0.4, 0.5) is 4.39 Å². The van der Waals surface area contributed by atoms with Crippen LogP contribution in [0.2, 0.25) is 0 Å². The third-order valence-electron chi connectivity index (χ3n) is 1.62. The molecule has 0 spiro atoms. The second kappa shape index (κ2) is 4.82. The Kier molecular flexibility index (Phi) is 3.95. The SMILES string of the molecule is COC(=O)c1cc(S(=O)O)c(Br)cc1F. The zero-order valence-corrected chi connectivity index (χ0v) is 9.89. The van der Waals surface area contributed by atoms with E-state index in [2.05, 4.69) is 20.7 Å². The summed E-state index contributed by atoms with van der Waals surface area (Å²) < 4.78 is 37.3. The van der Waals surface area contributed by atoms with Gasteiger partial charge in [-0.05, 0) is 28.1 Å². The van der Waals surface area contributed by atoms with E-state index in [0.29, 0.717) is 0 Å². The van der Waals surface area contributed by atoms with Gasteiger partial charge in [-0.1, -0.05) is 0 Å². The van der Waals surface area contributed by atoms with Gasteiger partial charge in [0.15, 0.2) is 11.1 Å².